The summed E-state index contributed by atoms with van der Waals surface area (Å²) in [5.74, 6) is 0. The maximum absolute atomic E-state index is 6.12. The van der Waals surface area contributed by atoms with Crippen molar-refractivity contribution < 1.29 is 0 Å². The molecule has 0 unspecified atom stereocenters. The molecule has 72 valence electrons. The van der Waals surface area contributed by atoms with E-state index < -0.39 is 0 Å². The van der Waals surface area contributed by atoms with Gasteiger partial charge >= 0.3 is 0 Å². The summed E-state index contributed by atoms with van der Waals surface area (Å²) in [5.41, 5.74) is 1.54. The molecule has 1 aromatic heterocycles. The minimum Gasteiger partial charge on any atom is -0.254 e. The molecule has 0 bridgehead atoms. The largest absolute Gasteiger partial charge is 0.254 e. The van der Waals surface area contributed by atoms with Gasteiger partial charge in [-0.2, -0.15) is 0 Å². The van der Waals surface area contributed by atoms with Crippen molar-refractivity contribution in [2.75, 3.05) is 0 Å². The van der Waals surface area contributed by atoms with Crippen LogP contribution in [0, 0.1) is 6.92 Å². The van der Waals surface area contributed by atoms with Crippen LogP contribution in [0.2, 0.25) is 15.1 Å². The Labute approximate surface area is 96.6 Å². The summed E-state index contributed by atoms with van der Waals surface area (Å²) in [6.07, 6.45) is 1.69. The van der Waals surface area contributed by atoms with Crippen LogP contribution in [0.4, 0.5) is 0 Å². The fraction of sp³-hybridized carbons (Fsp3) is 0.100. The van der Waals surface area contributed by atoms with E-state index in [-0.39, 0.29) is 0 Å². The molecule has 0 spiro atoms. The van der Waals surface area contributed by atoms with Gasteiger partial charge in [0.25, 0.3) is 0 Å². The van der Waals surface area contributed by atoms with E-state index in [2.05, 4.69) is 4.98 Å². The number of aryl methyl sites for hydroxylation is 1. The Morgan fingerprint density at radius 3 is 2.43 bits per heavy atom. The Balaban J connectivity index is 3.01. The molecule has 0 aliphatic rings. The molecule has 1 nitrogen and oxygen atoms in total. The molecule has 1 aromatic carbocycles. The van der Waals surface area contributed by atoms with Crippen LogP contribution in [-0.2, 0) is 0 Å². The highest BCUT2D eigenvalue weighted by molar-refractivity contribution is 6.45. The van der Waals surface area contributed by atoms with Crippen molar-refractivity contribution in [1.82, 2.24) is 4.98 Å². The van der Waals surface area contributed by atoms with Gasteiger partial charge in [0.2, 0.25) is 0 Å². The third-order valence-electron chi connectivity index (χ3n) is 2.03. The van der Waals surface area contributed by atoms with Crippen LogP contribution in [0.15, 0.2) is 18.3 Å². The monoisotopic (exact) mass is 245 g/mol. The van der Waals surface area contributed by atoms with Gasteiger partial charge in [0.1, 0.15) is 0 Å². The molecule has 0 amide bonds. The van der Waals surface area contributed by atoms with Crippen molar-refractivity contribution in [3.63, 3.8) is 0 Å². The van der Waals surface area contributed by atoms with Crippen LogP contribution >= 0.6 is 34.8 Å². The first kappa shape index (κ1) is 10.0. The van der Waals surface area contributed by atoms with Gasteiger partial charge in [-0.3, -0.25) is 4.98 Å². The van der Waals surface area contributed by atoms with Crippen molar-refractivity contribution in [2.45, 2.75) is 6.92 Å². The summed E-state index contributed by atoms with van der Waals surface area (Å²) in [6, 6.07) is 3.43. The highest BCUT2D eigenvalue weighted by Gasteiger charge is 2.09. The summed E-state index contributed by atoms with van der Waals surface area (Å²) >= 11 is 18.1. The highest BCUT2D eigenvalue weighted by atomic mass is 35.5. The summed E-state index contributed by atoms with van der Waals surface area (Å²) in [4.78, 5) is 4.20. The van der Waals surface area contributed by atoms with Gasteiger partial charge in [-0.15, -0.1) is 0 Å². The van der Waals surface area contributed by atoms with E-state index >= 15 is 0 Å². The first-order valence-electron chi connectivity index (χ1n) is 4.00. The van der Waals surface area contributed by atoms with Crippen molar-refractivity contribution in [2.24, 2.45) is 0 Å². The zero-order valence-corrected chi connectivity index (χ0v) is 9.58. The number of pyridine rings is 1. The molecule has 14 heavy (non-hydrogen) atoms. The predicted octanol–water partition coefficient (Wildman–Crippen LogP) is 4.50. The Kier molecular flexibility index (Phi) is 2.56. The Morgan fingerprint density at radius 1 is 1.07 bits per heavy atom. The van der Waals surface area contributed by atoms with E-state index in [4.69, 9.17) is 34.8 Å². The third-order valence-corrected chi connectivity index (χ3v) is 3.14. The van der Waals surface area contributed by atoms with Gasteiger partial charge in [-0.05, 0) is 24.6 Å². The topological polar surface area (TPSA) is 12.9 Å². The lowest BCUT2D eigenvalue weighted by molar-refractivity contribution is 1.33. The highest BCUT2D eigenvalue weighted by Crippen LogP contribution is 2.34. The third kappa shape index (κ3) is 1.46. The summed E-state index contributed by atoms with van der Waals surface area (Å²) < 4.78 is 0. The molecule has 4 heteroatoms. The molecule has 0 N–H and O–H groups in total. The Morgan fingerprint density at radius 2 is 1.71 bits per heavy atom. The number of hydrogen-bond acceptors (Lipinski definition) is 1. The number of fused-ring (bicyclic) bond motifs is 1. The molecule has 2 aromatic rings. The van der Waals surface area contributed by atoms with E-state index in [9.17, 15) is 0 Å². The van der Waals surface area contributed by atoms with E-state index in [0.717, 1.165) is 10.9 Å². The maximum Gasteiger partial charge on any atom is 0.0918 e. The van der Waals surface area contributed by atoms with Crippen molar-refractivity contribution in [1.29, 1.82) is 0 Å². The van der Waals surface area contributed by atoms with E-state index in [1.165, 1.54) is 0 Å². The lowest BCUT2D eigenvalue weighted by atomic mass is 10.2. The molecular weight excluding hydrogens is 240 g/mol. The van der Waals surface area contributed by atoms with Gasteiger partial charge < -0.3 is 0 Å². The summed E-state index contributed by atoms with van der Waals surface area (Å²) in [5, 5.41) is 2.47. The first-order chi connectivity index (χ1) is 6.61. The van der Waals surface area contributed by atoms with E-state index in [1.54, 1.807) is 18.3 Å². The smallest absolute Gasteiger partial charge is 0.0918 e. The van der Waals surface area contributed by atoms with Crippen LogP contribution in [0.3, 0.4) is 0 Å². The molecule has 0 saturated carbocycles. The average molecular weight is 247 g/mol. The van der Waals surface area contributed by atoms with Crippen LogP contribution < -0.4 is 0 Å². The summed E-state index contributed by atoms with van der Waals surface area (Å²) in [6.45, 7) is 1.88. The molecule has 0 saturated heterocycles. The molecule has 1 heterocycles. The molecule has 0 aliphatic heterocycles. The quantitative estimate of drug-likeness (QED) is 0.667. The molecule has 0 aliphatic carbocycles. The SMILES string of the molecule is Cc1cnc2c(Cl)ccc(Cl)c2c1Cl. The second-order valence-electron chi connectivity index (χ2n) is 3.01. The predicted molar refractivity (Wildman–Crippen MR) is 61.5 cm³/mol. The standard InChI is InChI=1S/C10H6Cl3N/c1-5-4-14-10-7(12)3-2-6(11)8(10)9(5)13/h2-4H,1H3. The molecule has 2 rings (SSSR count). The maximum atomic E-state index is 6.12. The second-order valence-corrected chi connectivity index (χ2v) is 4.20. The molecule has 0 atom stereocenters. The molecule has 0 fully saturated rings. The van der Waals surface area contributed by atoms with Crippen molar-refractivity contribution in [3.05, 3.63) is 39.0 Å². The lowest BCUT2D eigenvalue weighted by Crippen LogP contribution is -1.86. The zero-order valence-electron chi connectivity index (χ0n) is 7.31. The summed E-state index contributed by atoms with van der Waals surface area (Å²) in [7, 11) is 0. The van der Waals surface area contributed by atoms with Gasteiger partial charge in [0.15, 0.2) is 0 Å². The number of hydrogen-bond donors (Lipinski definition) is 0. The van der Waals surface area contributed by atoms with E-state index in [0.29, 0.717) is 20.6 Å². The minimum atomic E-state index is 0.561. The number of rotatable bonds is 0. The Bertz CT molecular complexity index is 508. The normalized spacial score (nSPS) is 10.9. The minimum absolute atomic E-state index is 0.561. The van der Waals surface area contributed by atoms with Crippen LogP contribution in [0.25, 0.3) is 10.9 Å². The number of halogens is 3. The second kappa shape index (κ2) is 3.58. The molecule has 0 radical (unpaired) electrons. The number of benzene rings is 1. The fourth-order valence-corrected chi connectivity index (χ4v) is 2.03. The van der Waals surface area contributed by atoms with E-state index in [1.807, 2.05) is 6.92 Å². The van der Waals surface area contributed by atoms with Gasteiger partial charge in [-0.25, -0.2) is 0 Å². The van der Waals surface area contributed by atoms with Crippen LogP contribution in [0.1, 0.15) is 5.56 Å². The van der Waals surface area contributed by atoms with Crippen molar-refractivity contribution >= 4 is 45.7 Å². The van der Waals surface area contributed by atoms with Crippen LogP contribution in [-0.4, -0.2) is 4.98 Å². The Hall–Kier alpha value is -0.500. The zero-order chi connectivity index (χ0) is 10.3. The fourth-order valence-electron chi connectivity index (χ4n) is 1.29. The average Bonchev–Trinajstić information content (AvgIpc) is 2.16. The first-order valence-corrected chi connectivity index (χ1v) is 5.13. The number of aromatic nitrogens is 1. The van der Waals surface area contributed by atoms with Crippen molar-refractivity contribution in [3.8, 4) is 0 Å². The number of nitrogens with zero attached hydrogens (tertiary/aromatic N) is 1. The van der Waals surface area contributed by atoms with Gasteiger partial charge in [0.05, 0.1) is 20.6 Å². The lowest BCUT2D eigenvalue weighted by Gasteiger charge is -2.06. The van der Waals surface area contributed by atoms with Crippen LogP contribution in [0.5, 0.6) is 0 Å². The van der Waals surface area contributed by atoms with Gasteiger partial charge in [0, 0.05) is 11.6 Å². The molecular formula is C10H6Cl3N. The van der Waals surface area contributed by atoms with Gasteiger partial charge in [-0.1, -0.05) is 34.8 Å².